The number of nitrogen functional groups attached to an aromatic ring is 1. The summed E-state index contributed by atoms with van der Waals surface area (Å²) in [6, 6.07) is 4.89. The first-order valence-electron chi connectivity index (χ1n) is 5.89. The molecule has 0 unspecified atom stereocenters. The number of para-hydroxylation sites is 1. The summed E-state index contributed by atoms with van der Waals surface area (Å²) in [4.78, 5) is 10.7. The van der Waals surface area contributed by atoms with Crippen LogP contribution in [0.15, 0.2) is 18.2 Å². The zero-order valence-electron chi connectivity index (χ0n) is 11.0. The average molecular weight is 261 g/mol. The Morgan fingerprint density at radius 2 is 2.11 bits per heavy atom. The Hall–Kier alpha value is -2.44. The summed E-state index contributed by atoms with van der Waals surface area (Å²) in [7, 11) is 0. The quantitative estimate of drug-likeness (QED) is 0.674. The molecule has 0 bridgehead atoms. The van der Waals surface area contributed by atoms with Crippen molar-refractivity contribution >= 4 is 11.5 Å². The molecule has 1 aromatic carbocycles. The Morgan fingerprint density at radius 3 is 2.68 bits per heavy atom. The lowest BCUT2D eigenvalue weighted by atomic mass is 10.1. The SMILES string of the molecule is Cc1cccc([N+](=O)[O-])c1-n1nnc(N)c1C(C)C. The summed E-state index contributed by atoms with van der Waals surface area (Å²) in [5.74, 6) is 0.363. The number of aromatic nitrogens is 3. The first-order chi connectivity index (χ1) is 8.93. The van der Waals surface area contributed by atoms with E-state index in [1.165, 1.54) is 10.7 Å². The highest BCUT2D eigenvalue weighted by molar-refractivity contribution is 5.58. The van der Waals surface area contributed by atoms with E-state index < -0.39 is 4.92 Å². The molecule has 7 nitrogen and oxygen atoms in total. The molecule has 0 amide bonds. The lowest BCUT2D eigenvalue weighted by molar-refractivity contribution is -0.384. The molecule has 2 rings (SSSR count). The second kappa shape index (κ2) is 4.68. The largest absolute Gasteiger partial charge is 0.381 e. The van der Waals surface area contributed by atoms with Gasteiger partial charge < -0.3 is 5.73 Å². The van der Waals surface area contributed by atoms with Gasteiger partial charge in [-0.25, -0.2) is 4.68 Å². The normalized spacial score (nSPS) is 10.9. The lowest BCUT2D eigenvalue weighted by Gasteiger charge is -2.11. The van der Waals surface area contributed by atoms with Crippen molar-refractivity contribution in [2.24, 2.45) is 0 Å². The zero-order chi connectivity index (χ0) is 14.2. The Bertz CT molecular complexity index is 633. The van der Waals surface area contributed by atoms with Gasteiger partial charge in [0.1, 0.15) is 5.69 Å². The van der Waals surface area contributed by atoms with Crippen molar-refractivity contribution in [1.82, 2.24) is 15.0 Å². The van der Waals surface area contributed by atoms with Gasteiger partial charge in [0.15, 0.2) is 5.82 Å². The maximum Gasteiger partial charge on any atom is 0.295 e. The molecule has 7 heteroatoms. The minimum atomic E-state index is -0.426. The summed E-state index contributed by atoms with van der Waals surface area (Å²) in [6.45, 7) is 5.68. The van der Waals surface area contributed by atoms with Crippen molar-refractivity contribution in [2.45, 2.75) is 26.7 Å². The highest BCUT2D eigenvalue weighted by Gasteiger charge is 2.23. The Balaban J connectivity index is 2.76. The maximum atomic E-state index is 11.1. The maximum absolute atomic E-state index is 11.1. The van der Waals surface area contributed by atoms with Gasteiger partial charge in [-0.3, -0.25) is 10.1 Å². The fraction of sp³-hybridized carbons (Fsp3) is 0.333. The van der Waals surface area contributed by atoms with Gasteiger partial charge in [-0.15, -0.1) is 5.10 Å². The number of benzene rings is 1. The number of hydrogen-bond acceptors (Lipinski definition) is 5. The van der Waals surface area contributed by atoms with Crippen LogP contribution in [0.5, 0.6) is 0 Å². The minimum absolute atomic E-state index is 0.00759. The van der Waals surface area contributed by atoms with Crippen molar-refractivity contribution in [3.8, 4) is 5.69 Å². The summed E-state index contributed by atoms with van der Waals surface area (Å²) < 4.78 is 1.47. The van der Waals surface area contributed by atoms with Crippen molar-refractivity contribution in [3.63, 3.8) is 0 Å². The molecule has 2 aromatic rings. The summed E-state index contributed by atoms with van der Waals surface area (Å²) in [5.41, 5.74) is 7.63. The number of nitrogens with zero attached hydrogens (tertiary/aromatic N) is 4. The smallest absolute Gasteiger partial charge is 0.295 e. The van der Waals surface area contributed by atoms with E-state index in [0.717, 1.165) is 5.56 Å². The topological polar surface area (TPSA) is 99.9 Å². The summed E-state index contributed by atoms with van der Waals surface area (Å²) in [5, 5.41) is 18.9. The predicted molar refractivity (Wildman–Crippen MR) is 71.3 cm³/mol. The Labute approximate surface area is 110 Å². The number of nitro benzene ring substituents is 1. The van der Waals surface area contributed by atoms with E-state index in [1.54, 1.807) is 19.1 Å². The number of anilines is 1. The van der Waals surface area contributed by atoms with Gasteiger partial charge in [-0.2, -0.15) is 0 Å². The number of hydrogen-bond donors (Lipinski definition) is 1. The number of nitro groups is 1. The van der Waals surface area contributed by atoms with Gasteiger partial charge in [0, 0.05) is 6.07 Å². The third-order valence-electron chi connectivity index (χ3n) is 2.90. The van der Waals surface area contributed by atoms with Crippen LogP contribution >= 0.6 is 0 Å². The van der Waals surface area contributed by atoms with Gasteiger partial charge in [-0.1, -0.05) is 31.2 Å². The Kier molecular flexibility index (Phi) is 3.20. The molecule has 0 radical (unpaired) electrons. The third-order valence-corrected chi connectivity index (χ3v) is 2.90. The van der Waals surface area contributed by atoms with Crippen LogP contribution in [-0.2, 0) is 0 Å². The molecule has 0 fully saturated rings. The third kappa shape index (κ3) is 2.14. The number of nitrogens with two attached hydrogens (primary N) is 1. The van der Waals surface area contributed by atoms with Crippen molar-refractivity contribution in [1.29, 1.82) is 0 Å². The molecule has 2 N–H and O–H groups in total. The van der Waals surface area contributed by atoms with Gasteiger partial charge in [0.25, 0.3) is 5.69 Å². The van der Waals surface area contributed by atoms with Crippen molar-refractivity contribution < 1.29 is 4.92 Å². The molecule has 0 saturated heterocycles. The van der Waals surface area contributed by atoms with Crippen LogP contribution in [-0.4, -0.2) is 19.9 Å². The highest BCUT2D eigenvalue weighted by atomic mass is 16.6. The first-order valence-corrected chi connectivity index (χ1v) is 5.89. The fourth-order valence-corrected chi connectivity index (χ4v) is 2.07. The first kappa shape index (κ1) is 13.0. The van der Waals surface area contributed by atoms with Crippen LogP contribution in [0.3, 0.4) is 0 Å². The second-order valence-electron chi connectivity index (χ2n) is 4.63. The monoisotopic (exact) mass is 261 g/mol. The highest BCUT2D eigenvalue weighted by Crippen LogP contribution is 2.30. The average Bonchev–Trinajstić information content (AvgIpc) is 2.70. The lowest BCUT2D eigenvalue weighted by Crippen LogP contribution is -2.09. The van der Waals surface area contributed by atoms with Crippen LogP contribution < -0.4 is 5.73 Å². The molecule has 0 aliphatic rings. The number of rotatable bonds is 3. The standard InChI is InChI=1S/C12H15N5O2/c1-7(2)10-12(13)14-15-16(10)11-8(3)5-4-6-9(11)17(18)19/h4-7H,13H2,1-3H3. The van der Waals surface area contributed by atoms with Crippen molar-refractivity contribution in [2.75, 3.05) is 5.73 Å². The number of aryl methyl sites for hydroxylation is 1. The van der Waals surface area contributed by atoms with E-state index >= 15 is 0 Å². The molecule has 1 heterocycles. The van der Waals surface area contributed by atoms with Gasteiger partial charge in [0.05, 0.1) is 10.6 Å². The van der Waals surface area contributed by atoms with Gasteiger partial charge >= 0.3 is 0 Å². The molecule has 0 saturated carbocycles. The zero-order valence-corrected chi connectivity index (χ0v) is 11.0. The molecule has 0 aliphatic carbocycles. The van der Waals surface area contributed by atoms with Crippen LogP contribution in [0.2, 0.25) is 0 Å². The minimum Gasteiger partial charge on any atom is -0.381 e. The molecule has 0 atom stereocenters. The van der Waals surface area contributed by atoms with E-state index in [9.17, 15) is 10.1 Å². The van der Waals surface area contributed by atoms with E-state index in [4.69, 9.17) is 5.73 Å². The van der Waals surface area contributed by atoms with E-state index in [1.807, 2.05) is 13.8 Å². The van der Waals surface area contributed by atoms with Gasteiger partial charge in [0.2, 0.25) is 0 Å². The van der Waals surface area contributed by atoms with E-state index in [0.29, 0.717) is 17.2 Å². The van der Waals surface area contributed by atoms with Gasteiger partial charge in [-0.05, 0) is 18.4 Å². The van der Waals surface area contributed by atoms with Crippen LogP contribution in [0, 0.1) is 17.0 Å². The van der Waals surface area contributed by atoms with E-state index in [2.05, 4.69) is 10.3 Å². The molecule has 0 aliphatic heterocycles. The Morgan fingerprint density at radius 1 is 1.42 bits per heavy atom. The molecule has 1 aromatic heterocycles. The predicted octanol–water partition coefficient (Wildman–Crippen LogP) is 2.19. The molecule has 19 heavy (non-hydrogen) atoms. The van der Waals surface area contributed by atoms with Crippen LogP contribution in [0.1, 0.15) is 31.0 Å². The second-order valence-corrected chi connectivity index (χ2v) is 4.63. The molecule has 100 valence electrons. The fourth-order valence-electron chi connectivity index (χ4n) is 2.07. The van der Waals surface area contributed by atoms with E-state index in [-0.39, 0.29) is 11.6 Å². The van der Waals surface area contributed by atoms with Crippen molar-refractivity contribution in [3.05, 3.63) is 39.6 Å². The summed E-state index contributed by atoms with van der Waals surface area (Å²) >= 11 is 0. The molecule has 0 spiro atoms. The molecular weight excluding hydrogens is 246 g/mol. The molecular formula is C12H15N5O2. The van der Waals surface area contributed by atoms with Crippen LogP contribution in [0.4, 0.5) is 11.5 Å². The van der Waals surface area contributed by atoms with Crippen LogP contribution in [0.25, 0.3) is 5.69 Å². The summed E-state index contributed by atoms with van der Waals surface area (Å²) in [6.07, 6.45) is 0.